The van der Waals surface area contributed by atoms with Crippen LogP contribution in [0.25, 0.3) is 33.4 Å². The molecule has 2 N–H and O–H groups in total. The molecule has 0 atom stereocenters. The Bertz CT molecular complexity index is 1210. The van der Waals surface area contributed by atoms with Crippen LogP contribution in [0.15, 0.2) is 54.7 Å². The first-order valence-corrected chi connectivity index (χ1v) is 8.58. The van der Waals surface area contributed by atoms with Gasteiger partial charge in [-0.3, -0.25) is 4.98 Å². The molecule has 27 heavy (non-hydrogen) atoms. The quantitative estimate of drug-likeness (QED) is 0.577. The maximum Gasteiger partial charge on any atom is 0.183 e. The number of nitriles is 1. The Labute approximate surface area is 157 Å². The van der Waals surface area contributed by atoms with Crippen LogP contribution < -0.4 is 5.73 Å². The third-order valence-corrected chi connectivity index (χ3v) is 4.60. The first-order valence-electron chi connectivity index (χ1n) is 8.58. The van der Waals surface area contributed by atoms with E-state index in [2.05, 4.69) is 27.9 Å². The van der Waals surface area contributed by atoms with Crippen LogP contribution in [0.4, 0.5) is 5.82 Å². The lowest BCUT2D eigenvalue weighted by Gasteiger charge is -2.13. The van der Waals surface area contributed by atoms with E-state index in [9.17, 15) is 5.26 Å². The van der Waals surface area contributed by atoms with Gasteiger partial charge in [-0.15, -0.1) is 0 Å². The fourth-order valence-electron chi connectivity index (χ4n) is 3.23. The Balaban J connectivity index is 2.05. The molecule has 0 aliphatic carbocycles. The molecule has 130 valence electrons. The highest BCUT2D eigenvalue weighted by molar-refractivity contribution is 5.91. The van der Waals surface area contributed by atoms with Crippen LogP contribution in [0, 0.1) is 25.2 Å². The zero-order valence-electron chi connectivity index (χ0n) is 15.1. The van der Waals surface area contributed by atoms with Crippen molar-refractivity contribution in [3.8, 4) is 28.6 Å². The van der Waals surface area contributed by atoms with Gasteiger partial charge < -0.3 is 5.73 Å². The molecule has 0 fully saturated rings. The highest BCUT2D eigenvalue weighted by Gasteiger charge is 2.17. The molecule has 0 aliphatic heterocycles. The number of hydrogen-bond acceptors (Lipinski definition) is 5. The molecule has 2 aromatic heterocycles. The van der Waals surface area contributed by atoms with Gasteiger partial charge in [-0.05, 0) is 43.2 Å². The number of aryl methyl sites for hydroxylation is 2. The average molecular weight is 351 g/mol. The van der Waals surface area contributed by atoms with Gasteiger partial charge >= 0.3 is 0 Å². The van der Waals surface area contributed by atoms with Crippen molar-refractivity contribution in [2.24, 2.45) is 0 Å². The second-order valence-corrected chi connectivity index (χ2v) is 6.45. The summed E-state index contributed by atoms with van der Waals surface area (Å²) in [5, 5.41) is 10.4. The van der Waals surface area contributed by atoms with Crippen molar-refractivity contribution in [2.45, 2.75) is 13.8 Å². The number of nitrogens with zero attached hydrogens (tertiary/aromatic N) is 4. The van der Waals surface area contributed by atoms with Gasteiger partial charge in [0.1, 0.15) is 6.07 Å². The Kier molecular flexibility index (Phi) is 4.02. The van der Waals surface area contributed by atoms with Crippen LogP contribution in [-0.4, -0.2) is 15.0 Å². The largest absolute Gasteiger partial charge is 0.381 e. The van der Waals surface area contributed by atoms with Gasteiger partial charge in [-0.25, -0.2) is 9.97 Å². The molecule has 5 heteroatoms. The lowest BCUT2D eigenvalue weighted by atomic mass is 9.98. The van der Waals surface area contributed by atoms with E-state index in [0.29, 0.717) is 11.4 Å². The third kappa shape index (κ3) is 2.87. The first kappa shape index (κ1) is 16.7. The second-order valence-electron chi connectivity index (χ2n) is 6.45. The van der Waals surface area contributed by atoms with Crippen LogP contribution in [-0.2, 0) is 0 Å². The standard InChI is InChI=1S/C22H17N5/c1-13-8-9-25-19-14(2)10-16(11-17(13)19)21-20(15-6-4-3-5-7-15)27-22(24)18(12-23)26-21/h3-11H,1-2H3,(H2,24,27). The number of hydrogen-bond donors (Lipinski definition) is 1. The molecule has 4 aromatic rings. The van der Waals surface area contributed by atoms with Gasteiger partial charge in [0.2, 0.25) is 0 Å². The summed E-state index contributed by atoms with van der Waals surface area (Å²) in [5.41, 5.74) is 12.3. The zero-order valence-corrected chi connectivity index (χ0v) is 15.1. The van der Waals surface area contributed by atoms with Crippen molar-refractivity contribution in [1.82, 2.24) is 15.0 Å². The fourth-order valence-corrected chi connectivity index (χ4v) is 3.23. The van der Waals surface area contributed by atoms with Gasteiger partial charge in [0.05, 0.1) is 16.9 Å². The molecule has 2 heterocycles. The normalized spacial score (nSPS) is 10.7. The smallest absolute Gasteiger partial charge is 0.183 e. The first-order chi connectivity index (χ1) is 13.1. The summed E-state index contributed by atoms with van der Waals surface area (Å²) in [7, 11) is 0. The Morgan fingerprint density at radius 3 is 2.37 bits per heavy atom. The van der Waals surface area contributed by atoms with Gasteiger partial charge in [0, 0.05) is 22.7 Å². The van der Waals surface area contributed by atoms with Crippen LogP contribution in [0.5, 0.6) is 0 Å². The molecule has 0 saturated heterocycles. The van der Waals surface area contributed by atoms with E-state index in [-0.39, 0.29) is 11.5 Å². The number of anilines is 1. The van der Waals surface area contributed by atoms with E-state index in [1.54, 1.807) is 0 Å². The van der Waals surface area contributed by atoms with Crippen molar-refractivity contribution >= 4 is 16.7 Å². The van der Waals surface area contributed by atoms with Gasteiger partial charge in [0.15, 0.2) is 11.5 Å². The Morgan fingerprint density at radius 2 is 1.63 bits per heavy atom. The summed E-state index contributed by atoms with van der Waals surface area (Å²) in [6.45, 7) is 4.08. The summed E-state index contributed by atoms with van der Waals surface area (Å²) in [4.78, 5) is 13.5. The molecule has 4 rings (SSSR count). The monoisotopic (exact) mass is 351 g/mol. The van der Waals surface area contributed by atoms with Gasteiger partial charge in [-0.2, -0.15) is 5.26 Å². The van der Waals surface area contributed by atoms with E-state index in [1.165, 1.54) is 0 Å². The SMILES string of the molecule is Cc1ccnc2c(C)cc(-c3nc(C#N)c(N)nc3-c3ccccc3)cc12. The second kappa shape index (κ2) is 6.50. The van der Waals surface area contributed by atoms with E-state index < -0.39 is 0 Å². The predicted octanol–water partition coefficient (Wildman–Crippen LogP) is 4.43. The summed E-state index contributed by atoms with van der Waals surface area (Å²) in [6, 6.07) is 17.8. The van der Waals surface area contributed by atoms with E-state index in [4.69, 9.17) is 5.73 Å². The number of nitrogens with two attached hydrogens (primary N) is 1. The van der Waals surface area contributed by atoms with Crippen molar-refractivity contribution in [3.63, 3.8) is 0 Å². The van der Waals surface area contributed by atoms with Gasteiger partial charge in [-0.1, -0.05) is 30.3 Å². The third-order valence-electron chi connectivity index (χ3n) is 4.60. The van der Waals surface area contributed by atoms with Gasteiger partial charge in [0.25, 0.3) is 0 Å². The van der Waals surface area contributed by atoms with Crippen molar-refractivity contribution < 1.29 is 0 Å². The molecule has 0 radical (unpaired) electrons. The highest BCUT2D eigenvalue weighted by Crippen LogP contribution is 2.33. The summed E-state index contributed by atoms with van der Waals surface area (Å²) in [5.74, 6) is 0.135. The van der Waals surface area contributed by atoms with Crippen molar-refractivity contribution in [2.75, 3.05) is 5.73 Å². The highest BCUT2D eigenvalue weighted by atomic mass is 14.9. The Morgan fingerprint density at radius 1 is 0.889 bits per heavy atom. The number of benzene rings is 2. The maximum atomic E-state index is 9.38. The molecule has 0 aliphatic rings. The fraction of sp³-hybridized carbons (Fsp3) is 0.0909. The number of fused-ring (bicyclic) bond motifs is 1. The van der Waals surface area contributed by atoms with Crippen LogP contribution in [0.1, 0.15) is 16.8 Å². The van der Waals surface area contributed by atoms with E-state index in [0.717, 1.165) is 33.2 Å². The van der Waals surface area contributed by atoms with Crippen LogP contribution >= 0.6 is 0 Å². The number of rotatable bonds is 2. The minimum absolute atomic E-state index is 0.130. The minimum atomic E-state index is 0.130. The molecule has 0 amide bonds. The minimum Gasteiger partial charge on any atom is -0.381 e. The molecule has 2 aromatic carbocycles. The lowest BCUT2D eigenvalue weighted by Crippen LogP contribution is -2.03. The molecule has 0 spiro atoms. The molecule has 0 unspecified atom stereocenters. The van der Waals surface area contributed by atoms with Crippen LogP contribution in [0.3, 0.4) is 0 Å². The topological polar surface area (TPSA) is 88.5 Å². The zero-order chi connectivity index (χ0) is 19.0. The van der Waals surface area contributed by atoms with Crippen molar-refractivity contribution in [1.29, 1.82) is 5.26 Å². The summed E-state index contributed by atoms with van der Waals surface area (Å²) in [6.07, 6.45) is 1.82. The molecular formula is C22H17N5. The maximum absolute atomic E-state index is 9.38. The number of nitrogen functional groups attached to an aromatic ring is 1. The van der Waals surface area contributed by atoms with Crippen LogP contribution in [0.2, 0.25) is 0 Å². The molecule has 5 nitrogen and oxygen atoms in total. The lowest BCUT2D eigenvalue weighted by molar-refractivity contribution is 1.18. The summed E-state index contributed by atoms with van der Waals surface area (Å²) >= 11 is 0. The number of pyridine rings is 1. The van der Waals surface area contributed by atoms with E-state index >= 15 is 0 Å². The number of aromatic nitrogens is 3. The van der Waals surface area contributed by atoms with E-state index in [1.807, 2.05) is 61.7 Å². The van der Waals surface area contributed by atoms with Crippen molar-refractivity contribution in [3.05, 3.63) is 71.5 Å². The average Bonchev–Trinajstić information content (AvgIpc) is 2.69. The summed E-state index contributed by atoms with van der Waals surface area (Å²) < 4.78 is 0. The molecule has 0 bridgehead atoms. The molecule has 0 saturated carbocycles. The molecular weight excluding hydrogens is 334 g/mol. The Hall–Kier alpha value is -3.78. The predicted molar refractivity (Wildman–Crippen MR) is 107 cm³/mol.